The Kier molecular flexibility index (Phi) is 6.49. The van der Waals surface area contributed by atoms with Crippen molar-refractivity contribution < 1.29 is 13.2 Å². The molecule has 0 aliphatic rings. The predicted molar refractivity (Wildman–Crippen MR) is 82.4 cm³/mol. The highest BCUT2D eigenvalue weighted by molar-refractivity contribution is 7.89. The van der Waals surface area contributed by atoms with E-state index in [1.54, 1.807) is 0 Å². The molecule has 0 aromatic heterocycles. The Labute approximate surface area is 122 Å². The quantitative estimate of drug-likeness (QED) is 0.802. The van der Waals surface area contributed by atoms with Gasteiger partial charge in [-0.3, -0.25) is 0 Å². The number of nitrogens with two attached hydrogens (primary N) is 1. The highest BCUT2D eigenvalue weighted by atomic mass is 32.2. The Morgan fingerprint density at radius 2 is 1.90 bits per heavy atom. The molecule has 1 unspecified atom stereocenters. The van der Waals surface area contributed by atoms with Crippen LogP contribution in [0.3, 0.4) is 0 Å². The first-order valence-electron chi connectivity index (χ1n) is 7.05. The molecule has 2 N–H and O–H groups in total. The molecular weight excluding hydrogens is 274 g/mol. The van der Waals surface area contributed by atoms with Crippen molar-refractivity contribution in [1.29, 1.82) is 0 Å². The molecule has 114 valence electrons. The Balaban J connectivity index is 2.72. The first-order valence-corrected chi connectivity index (χ1v) is 8.77. The van der Waals surface area contributed by atoms with Crippen molar-refractivity contribution in [3.8, 4) is 5.75 Å². The van der Waals surface area contributed by atoms with Crippen LogP contribution < -0.4 is 9.88 Å². The van der Waals surface area contributed by atoms with Gasteiger partial charge < -0.3 is 4.74 Å². The van der Waals surface area contributed by atoms with Crippen LogP contribution in [0.2, 0.25) is 0 Å². The molecule has 0 aliphatic heterocycles. The molecule has 0 saturated heterocycles. The summed E-state index contributed by atoms with van der Waals surface area (Å²) in [6, 6.07) is 7.87. The first-order chi connectivity index (χ1) is 9.33. The van der Waals surface area contributed by atoms with Crippen molar-refractivity contribution in [3.05, 3.63) is 29.8 Å². The molecule has 0 aliphatic carbocycles. The van der Waals surface area contributed by atoms with Gasteiger partial charge in [-0.2, -0.15) is 0 Å². The van der Waals surface area contributed by atoms with Gasteiger partial charge in [0.2, 0.25) is 10.0 Å². The minimum atomic E-state index is -3.46. The van der Waals surface area contributed by atoms with Crippen LogP contribution in [0.4, 0.5) is 0 Å². The summed E-state index contributed by atoms with van der Waals surface area (Å²) in [5.41, 5.74) is 1.14. The van der Waals surface area contributed by atoms with Crippen LogP contribution in [0.5, 0.6) is 5.75 Å². The Hall–Kier alpha value is -1.07. The normalized spacial score (nSPS) is 13.4. The molecular formula is C15H25NO3S. The second kappa shape index (κ2) is 7.64. The minimum absolute atomic E-state index is 0.0231. The van der Waals surface area contributed by atoms with E-state index in [9.17, 15) is 8.42 Å². The minimum Gasteiger partial charge on any atom is -0.493 e. The lowest BCUT2D eigenvalue weighted by Gasteiger charge is -2.18. The third kappa shape index (κ3) is 5.92. The molecule has 4 nitrogen and oxygen atoms in total. The molecule has 0 bridgehead atoms. The van der Waals surface area contributed by atoms with E-state index in [1.807, 2.05) is 31.2 Å². The Bertz CT molecular complexity index is 512. The fraction of sp³-hybridized carbons (Fsp3) is 0.600. The van der Waals surface area contributed by atoms with E-state index in [1.165, 1.54) is 0 Å². The van der Waals surface area contributed by atoms with E-state index in [2.05, 4.69) is 13.8 Å². The second-order valence-corrected chi connectivity index (χ2v) is 7.15. The number of hydrogen-bond donors (Lipinski definition) is 1. The van der Waals surface area contributed by atoms with Gasteiger partial charge in [0.15, 0.2) is 0 Å². The maximum absolute atomic E-state index is 11.2. The summed E-state index contributed by atoms with van der Waals surface area (Å²) in [4.78, 5) is 0. The van der Waals surface area contributed by atoms with Crippen molar-refractivity contribution >= 4 is 10.0 Å². The summed E-state index contributed by atoms with van der Waals surface area (Å²) >= 11 is 0. The van der Waals surface area contributed by atoms with Crippen molar-refractivity contribution in [2.24, 2.45) is 11.1 Å². The number of hydrogen-bond acceptors (Lipinski definition) is 3. The van der Waals surface area contributed by atoms with Crippen molar-refractivity contribution in [1.82, 2.24) is 0 Å². The van der Waals surface area contributed by atoms with Gasteiger partial charge in [0.25, 0.3) is 0 Å². The van der Waals surface area contributed by atoms with Gasteiger partial charge in [-0.15, -0.1) is 0 Å². The lowest BCUT2D eigenvalue weighted by molar-refractivity contribution is 0.250. The van der Waals surface area contributed by atoms with Crippen LogP contribution in [0, 0.1) is 5.92 Å². The van der Waals surface area contributed by atoms with Crippen LogP contribution in [0.1, 0.15) is 45.1 Å². The molecule has 0 fully saturated rings. The second-order valence-electron chi connectivity index (χ2n) is 5.49. The highest BCUT2D eigenvalue weighted by Crippen LogP contribution is 2.26. The number of ether oxygens (including phenoxy) is 1. The molecule has 0 saturated carbocycles. The van der Waals surface area contributed by atoms with Gasteiger partial charge in [0.1, 0.15) is 5.75 Å². The first kappa shape index (κ1) is 17.0. The van der Waals surface area contributed by atoms with Crippen molar-refractivity contribution in [2.45, 2.75) is 39.5 Å². The third-order valence-corrected chi connectivity index (χ3v) is 4.12. The fourth-order valence-electron chi connectivity index (χ4n) is 2.25. The van der Waals surface area contributed by atoms with E-state index >= 15 is 0 Å². The summed E-state index contributed by atoms with van der Waals surface area (Å²) in [6.07, 6.45) is 1.70. The zero-order chi connectivity index (χ0) is 15.2. The topological polar surface area (TPSA) is 69.4 Å². The average Bonchev–Trinajstić information content (AvgIpc) is 2.34. The van der Waals surface area contributed by atoms with Crippen LogP contribution >= 0.6 is 0 Å². The fourth-order valence-corrected chi connectivity index (χ4v) is 3.17. The highest BCUT2D eigenvalue weighted by Gasteiger charge is 2.17. The molecule has 1 aromatic rings. The lowest BCUT2D eigenvalue weighted by Crippen LogP contribution is -2.27. The summed E-state index contributed by atoms with van der Waals surface area (Å²) in [5, 5.41) is 5.13. The van der Waals surface area contributed by atoms with Gasteiger partial charge in [-0.1, -0.05) is 45.4 Å². The van der Waals surface area contributed by atoms with Crippen LogP contribution in [-0.2, 0) is 10.0 Å². The average molecular weight is 299 g/mol. The molecule has 1 rings (SSSR count). The largest absolute Gasteiger partial charge is 0.493 e. The van der Waals surface area contributed by atoms with Gasteiger partial charge in [0.05, 0.1) is 12.4 Å². The molecule has 0 amide bonds. The van der Waals surface area contributed by atoms with E-state index in [0.717, 1.165) is 24.2 Å². The number of rotatable bonds is 8. The number of primary sulfonamides is 1. The van der Waals surface area contributed by atoms with E-state index in [-0.39, 0.29) is 11.7 Å². The van der Waals surface area contributed by atoms with Crippen LogP contribution in [-0.4, -0.2) is 20.8 Å². The SMILES string of the molecule is CCCC(COc1ccccc1C(C)C)CS(N)(=O)=O. The van der Waals surface area contributed by atoms with Crippen molar-refractivity contribution in [2.75, 3.05) is 12.4 Å². The summed E-state index contributed by atoms with van der Waals surface area (Å²) in [5.74, 6) is 1.12. The van der Waals surface area contributed by atoms with E-state index < -0.39 is 10.0 Å². The van der Waals surface area contributed by atoms with Gasteiger partial charge in [0, 0.05) is 5.92 Å². The van der Waals surface area contributed by atoms with Crippen LogP contribution in [0.15, 0.2) is 24.3 Å². The maximum atomic E-state index is 11.2. The molecule has 1 aromatic carbocycles. The standard InChI is InChI=1S/C15H25NO3S/c1-4-7-13(11-20(16,17)18)10-19-15-9-6-5-8-14(15)12(2)3/h5-6,8-9,12-13H,4,7,10-11H2,1-3H3,(H2,16,17,18). The molecule has 5 heteroatoms. The van der Waals surface area contributed by atoms with E-state index in [0.29, 0.717) is 12.5 Å². The summed E-state index contributed by atoms with van der Waals surface area (Å²) < 4.78 is 28.3. The lowest BCUT2D eigenvalue weighted by atomic mass is 10.0. The maximum Gasteiger partial charge on any atom is 0.209 e. The molecule has 0 heterocycles. The Morgan fingerprint density at radius 1 is 1.25 bits per heavy atom. The molecule has 0 radical (unpaired) electrons. The number of para-hydroxylation sites is 1. The smallest absolute Gasteiger partial charge is 0.209 e. The summed E-state index contributed by atoms with van der Waals surface area (Å²) in [7, 11) is -3.46. The number of sulfonamides is 1. The van der Waals surface area contributed by atoms with Gasteiger partial charge in [-0.25, -0.2) is 13.6 Å². The third-order valence-electron chi connectivity index (χ3n) is 3.18. The van der Waals surface area contributed by atoms with Gasteiger partial charge in [-0.05, 0) is 24.0 Å². The molecule has 20 heavy (non-hydrogen) atoms. The monoisotopic (exact) mass is 299 g/mol. The zero-order valence-corrected chi connectivity index (χ0v) is 13.3. The Morgan fingerprint density at radius 3 is 2.45 bits per heavy atom. The zero-order valence-electron chi connectivity index (χ0n) is 12.5. The van der Waals surface area contributed by atoms with Gasteiger partial charge >= 0.3 is 0 Å². The van der Waals surface area contributed by atoms with Crippen LogP contribution in [0.25, 0.3) is 0 Å². The predicted octanol–water partition coefficient (Wildman–Crippen LogP) is 2.89. The summed E-state index contributed by atoms with van der Waals surface area (Å²) in [6.45, 7) is 6.62. The van der Waals surface area contributed by atoms with E-state index in [4.69, 9.17) is 9.88 Å². The van der Waals surface area contributed by atoms with Crippen molar-refractivity contribution in [3.63, 3.8) is 0 Å². The number of benzene rings is 1. The molecule has 0 spiro atoms. The molecule has 1 atom stereocenters.